The van der Waals surface area contributed by atoms with Crippen LogP contribution in [0.5, 0.6) is 0 Å². The fourth-order valence-electron chi connectivity index (χ4n) is 6.62. The van der Waals surface area contributed by atoms with E-state index in [1.807, 2.05) is 12.1 Å². The van der Waals surface area contributed by atoms with Gasteiger partial charge in [0.1, 0.15) is 5.82 Å². The van der Waals surface area contributed by atoms with Crippen LogP contribution in [0.3, 0.4) is 0 Å². The van der Waals surface area contributed by atoms with Crippen LogP contribution < -0.4 is 10.2 Å². The second-order valence-electron chi connectivity index (χ2n) is 9.49. The van der Waals surface area contributed by atoms with Gasteiger partial charge in [0.2, 0.25) is 5.91 Å². The zero-order valence-corrected chi connectivity index (χ0v) is 16.0. The molecule has 1 aromatic carbocycles. The van der Waals surface area contributed by atoms with Gasteiger partial charge in [0.25, 0.3) is 0 Å². The number of hydrogen-bond acceptors (Lipinski definition) is 3. The van der Waals surface area contributed by atoms with E-state index in [4.69, 9.17) is 0 Å². The van der Waals surface area contributed by atoms with E-state index in [0.29, 0.717) is 6.54 Å². The van der Waals surface area contributed by atoms with Gasteiger partial charge in [0.05, 0.1) is 6.54 Å². The van der Waals surface area contributed by atoms with E-state index < -0.39 is 0 Å². The lowest BCUT2D eigenvalue weighted by Crippen LogP contribution is -2.61. The number of piperazine rings is 1. The van der Waals surface area contributed by atoms with Crippen LogP contribution in [-0.4, -0.2) is 49.1 Å². The third kappa shape index (κ3) is 3.58. The second-order valence-corrected chi connectivity index (χ2v) is 9.49. The molecule has 5 aliphatic rings. The summed E-state index contributed by atoms with van der Waals surface area (Å²) in [4.78, 5) is 17.3. The minimum absolute atomic E-state index is 0.113. The highest BCUT2D eigenvalue weighted by atomic mass is 19.1. The first-order valence-electron chi connectivity index (χ1n) is 10.6. The standard InChI is InChI=1S/C22H30FN3O/c23-19-1-3-20(4-2-19)26-7-5-25(6-8-26)15-21(27)24-22-12-16-9-17(13-22)11-18(10-16)14-22/h1-4,16-18H,5-15H2,(H,24,27). The summed E-state index contributed by atoms with van der Waals surface area (Å²) in [5.41, 5.74) is 1.18. The summed E-state index contributed by atoms with van der Waals surface area (Å²) in [6, 6.07) is 6.71. The number of amides is 1. The quantitative estimate of drug-likeness (QED) is 0.884. The Morgan fingerprint density at radius 3 is 2.07 bits per heavy atom. The molecule has 5 fully saturated rings. The summed E-state index contributed by atoms with van der Waals surface area (Å²) < 4.78 is 13.1. The SMILES string of the molecule is O=C(CN1CCN(c2ccc(F)cc2)CC1)NC12CC3CC(CC(C3)C1)C2. The van der Waals surface area contributed by atoms with Crippen LogP contribution in [0.4, 0.5) is 10.1 Å². The van der Waals surface area contributed by atoms with Crippen LogP contribution in [-0.2, 0) is 4.79 Å². The van der Waals surface area contributed by atoms with Crippen molar-refractivity contribution in [1.82, 2.24) is 10.2 Å². The molecule has 1 heterocycles. The van der Waals surface area contributed by atoms with E-state index in [2.05, 4.69) is 15.1 Å². The van der Waals surface area contributed by atoms with Crippen LogP contribution >= 0.6 is 0 Å². The minimum Gasteiger partial charge on any atom is -0.369 e. The maximum absolute atomic E-state index is 13.1. The average Bonchev–Trinajstić information content (AvgIpc) is 2.61. The highest BCUT2D eigenvalue weighted by Crippen LogP contribution is 2.55. The first kappa shape index (κ1) is 17.5. The van der Waals surface area contributed by atoms with Crippen molar-refractivity contribution in [3.05, 3.63) is 30.1 Å². The van der Waals surface area contributed by atoms with Gasteiger partial charge < -0.3 is 10.2 Å². The molecule has 5 heteroatoms. The average molecular weight is 372 g/mol. The van der Waals surface area contributed by atoms with Gasteiger partial charge >= 0.3 is 0 Å². The van der Waals surface area contributed by atoms with Gasteiger partial charge in [-0.25, -0.2) is 4.39 Å². The van der Waals surface area contributed by atoms with E-state index >= 15 is 0 Å². The van der Waals surface area contributed by atoms with Crippen molar-refractivity contribution < 1.29 is 9.18 Å². The van der Waals surface area contributed by atoms with Gasteiger partial charge in [-0.1, -0.05) is 0 Å². The largest absolute Gasteiger partial charge is 0.369 e. The molecule has 0 atom stereocenters. The van der Waals surface area contributed by atoms with Gasteiger partial charge in [0.15, 0.2) is 0 Å². The molecule has 146 valence electrons. The molecular weight excluding hydrogens is 341 g/mol. The Hall–Kier alpha value is -1.62. The maximum Gasteiger partial charge on any atom is 0.234 e. The molecule has 1 aliphatic heterocycles. The molecule has 6 rings (SSSR count). The van der Waals surface area contributed by atoms with Crippen molar-refractivity contribution in [3.63, 3.8) is 0 Å². The van der Waals surface area contributed by atoms with E-state index in [-0.39, 0.29) is 17.3 Å². The second kappa shape index (κ2) is 6.77. The van der Waals surface area contributed by atoms with Crippen molar-refractivity contribution >= 4 is 11.6 Å². The lowest BCUT2D eigenvalue weighted by molar-refractivity contribution is -0.128. The number of rotatable bonds is 4. The maximum atomic E-state index is 13.1. The number of halogens is 1. The summed E-state index contributed by atoms with van der Waals surface area (Å²) in [6.45, 7) is 4.04. The molecule has 4 aliphatic carbocycles. The van der Waals surface area contributed by atoms with Crippen LogP contribution in [0.1, 0.15) is 38.5 Å². The highest BCUT2D eigenvalue weighted by Gasteiger charge is 2.51. The number of benzene rings is 1. The monoisotopic (exact) mass is 371 g/mol. The third-order valence-electron chi connectivity index (χ3n) is 7.37. The Kier molecular flexibility index (Phi) is 4.38. The minimum atomic E-state index is -0.196. The zero-order valence-electron chi connectivity index (χ0n) is 16.0. The molecular formula is C22H30FN3O. The Morgan fingerprint density at radius 1 is 0.963 bits per heavy atom. The summed E-state index contributed by atoms with van der Waals surface area (Å²) >= 11 is 0. The highest BCUT2D eigenvalue weighted by molar-refractivity contribution is 5.79. The van der Waals surface area contributed by atoms with Crippen LogP contribution in [0, 0.1) is 23.6 Å². The lowest BCUT2D eigenvalue weighted by atomic mass is 9.53. The fraction of sp³-hybridized carbons (Fsp3) is 0.682. The number of carbonyl (C=O) groups is 1. The van der Waals surface area contributed by atoms with E-state index in [1.54, 1.807) is 0 Å². The van der Waals surface area contributed by atoms with Crippen LogP contribution in [0.25, 0.3) is 0 Å². The summed E-state index contributed by atoms with van der Waals surface area (Å²) in [7, 11) is 0. The Morgan fingerprint density at radius 2 is 1.52 bits per heavy atom. The van der Waals surface area contributed by atoms with Crippen molar-refractivity contribution in [2.75, 3.05) is 37.6 Å². The molecule has 27 heavy (non-hydrogen) atoms. The van der Waals surface area contributed by atoms with Gasteiger partial charge in [-0.05, 0) is 80.5 Å². The van der Waals surface area contributed by atoms with E-state index in [0.717, 1.165) is 49.6 Å². The first-order valence-corrected chi connectivity index (χ1v) is 10.6. The Bertz CT molecular complexity index is 661. The van der Waals surface area contributed by atoms with Crippen molar-refractivity contribution in [2.24, 2.45) is 17.8 Å². The number of nitrogens with zero attached hydrogens (tertiary/aromatic N) is 2. The first-order chi connectivity index (χ1) is 13.1. The molecule has 4 nitrogen and oxygen atoms in total. The Labute approximate surface area is 161 Å². The smallest absolute Gasteiger partial charge is 0.234 e. The molecule has 1 amide bonds. The molecule has 4 bridgehead atoms. The van der Waals surface area contributed by atoms with Crippen LogP contribution in [0.2, 0.25) is 0 Å². The predicted molar refractivity (Wildman–Crippen MR) is 104 cm³/mol. The number of anilines is 1. The normalized spacial score (nSPS) is 35.4. The van der Waals surface area contributed by atoms with Gasteiger partial charge in [-0.2, -0.15) is 0 Å². The topological polar surface area (TPSA) is 35.6 Å². The molecule has 1 saturated heterocycles. The van der Waals surface area contributed by atoms with Crippen LogP contribution in [0.15, 0.2) is 24.3 Å². The molecule has 1 N–H and O–H groups in total. The number of hydrogen-bond donors (Lipinski definition) is 1. The van der Waals surface area contributed by atoms with Crippen molar-refractivity contribution in [3.8, 4) is 0 Å². The molecule has 0 unspecified atom stereocenters. The third-order valence-corrected chi connectivity index (χ3v) is 7.37. The number of carbonyl (C=O) groups excluding carboxylic acids is 1. The zero-order chi connectivity index (χ0) is 18.4. The molecule has 0 spiro atoms. The predicted octanol–water partition coefficient (Wildman–Crippen LogP) is 3.03. The summed E-state index contributed by atoms with van der Waals surface area (Å²) in [6.07, 6.45) is 7.84. The lowest BCUT2D eigenvalue weighted by Gasteiger charge is -2.57. The molecule has 4 saturated carbocycles. The summed E-state index contributed by atoms with van der Waals surface area (Å²) in [5.74, 6) is 2.59. The van der Waals surface area contributed by atoms with Crippen molar-refractivity contribution in [1.29, 1.82) is 0 Å². The van der Waals surface area contributed by atoms with E-state index in [1.165, 1.54) is 50.7 Å². The van der Waals surface area contributed by atoms with Gasteiger partial charge in [-0.3, -0.25) is 9.69 Å². The van der Waals surface area contributed by atoms with Gasteiger partial charge in [0, 0.05) is 37.4 Å². The molecule has 0 radical (unpaired) electrons. The number of nitrogens with one attached hydrogen (secondary N) is 1. The van der Waals surface area contributed by atoms with Gasteiger partial charge in [-0.15, -0.1) is 0 Å². The molecule has 0 aromatic heterocycles. The summed E-state index contributed by atoms with van der Waals surface area (Å²) in [5, 5.41) is 3.49. The van der Waals surface area contributed by atoms with E-state index in [9.17, 15) is 9.18 Å². The Balaban J connectivity index is 1.13. The fourth-order valence-corrected chi connectivity index (χ4v) is 6.62. The van der Waals surface area contributed by atoms with Crippen molar-refractivity contribution in [2.45, 2.75) is 44.1 Å². The molecule has 1 aromatic rings.